The third-order valence-electron chi connectivity index (χ3n) is 5.30. The summed E-state index contributed by atoms with van der Waals surface area (Å²) in [5, 5.41) is 3.10. The van der Waals surface area contributed by atoms with Gasteiger partial charge in [0.1, 0.15) is 17.3 Å². The lowest BCUT2D eigenvalue weighted by Crippen LogP contribution is -2.25. The molecule has 0 bridgehead atoms. The van der Waals surface area contributed by atoms with Crippen molar-refractivity contribution < 1.29 is 17.9 Å². The number of amides is 1. The first kappa shape index (κ1) is 23.5. The van der Waals surface area contributed by atoms with Crippen molar-refractivity contribution in [3.05, 3.63) is 93.6 Å². The van der Waals surface area contributed by atoms with Gasteiger partial charge in [0.05, 0.1) is 22.5 Å². The Morgan fingerprint density at radius 3 is 2.44 bits per heavy atom. The molecule has 34 heavy (non-hydrogen) atoms. The lowest BCUT2D eigenvalue weighted by atomic mass is 10.1. The Bertz CT molecular complexity index is 1560. The minimum Gasteiger partial charge on any atom is -0.495 e. The average molecular weight is 497 g/mol. The Balaban J connectivity index is 1.82. The molecule has 0 unspecified atom stereocenters. The molecule has 4 rings (SSSR count). The van der Waals surface area contributed by atoms with Crippen molar-refractivity contribution in [2.24, 2.45) is 0 Å². The number of anilines is 1. The molecule has 1 amide bonds. The SMILES string of the molecule is COc1ccc(NC(=O)Cn2c(S(=O)(=O)c3ccccc3)cc(=O)c3cc(C)ccc32)cc1Cl. The third-order valence-corrected chi connectivity index (χ3v) is 7.37. The summed E-state index contributed by atoms with van der Waals surface area (Å²) in [5.74, 6) is -0.0334. The van der Waals surface area contributed by atoms with Gasteiger partial charge in [-0.15, -0.1) is 0 Å². The first-order valence-corrected chi connectivity index (χ1v) is 12.1. The van der Waals surface area contributed by atoms with E-state index in [0.717, 1.165) is 11.6 Å². The molecule has 0 saturated heterocycles. The van der Waals surface area contributed by atoms with Crippen molar-refractivity contribution in [3.8, 4) is 5.75 Å². The van der Waals surface area contributed by atoms with Gasteiger partial charge in [-0.05, 0) is 49.4 Å². The van der Waals surface area contributed by atoms with Crippen LogP contribution in [0.15, 0.2) is 87.5 Å². The van der Waals surface area contributed by atoms with Crippen molar-refractivity contribution in [2.75, 3.05) is 12.4 Å². The summed E-state index contributed by atoms with van der Waals surface area (Å²) in [5.41, 5.74) is 1.17. The fourth-order valence-corrected chi connectivity index (χ4v) is 5.39. The van der Waals surface area contributed by atoms with E-state index >= 15 is 0 Å². The second kappa shape index (κ2) is 9.32. The normalized spacial score (nSPS) is 11.4. The zero-order chi connectivity index (χ0) is 24.5. The van der Waals surface area contributed by atoms with E-state index in [0.29, 0.717) is 27.4 Å². The summed E-state index contributed by atoms with van der Waals surface area (Å²) in [6.07, 6.45) is 0. The molecule has 3 aromatic carbocycles. The van der Waals surface area contributed by atoms with E-state index in [4.69, 9.17) is 16.3 Å². The number of aryl methyl sites for hydroxylation is 1. The van der Waals surface area contributed by atoms with Gasteiger partial charge in [-0.3, -0.25) is 9.59 Å². The maximum Gasteiger partial charge on any atom is 0.244 e. The molecule has 4 aromatic rings. The molecule has 0 spiro atoms. The van der Waals surface area contributed by atoms with Gasteiger partial charge >= 0.3 is 0 Å². The summed E-state index contributed by atoms with van der Waals surface area (Å²) in [7, 11) is -2.60. The number of carbonyl (C=O) groups is 1. The van der Waals surface area contributed by atoms with E-state index in [-0.39, 0.29) is 16.5 Å². The van der Waals surface area contributed by atoms with E-state index in [1.54, 1.807) is 48.5 Å². The maximum atomic E-state index is 13.4. The third kappa shape index (κ3) is 4.55. The molecule has 1 heterocycles. The van der Waals surface area contributed by atoms with E-state index in [2.05, 4.69) is 5.32 Å². The van der Waals surface area contributed by atoms with Crippen LogP contribution in [0, 0.1) is 6.92 Å². The van der Waals surface area contributed by atoms with E-state index in [1.807, 2.05) is 6.92 Å². The van der Waals surface area contributed by atoms with Gasteiger partial charge in [0.2, 0.25) is 15.7 Å². The Hall–Kier alpha value is -3.62. The number of hydrogen-bond donors (Lipinski definition) is 1. The van der Waals surface area contributed by atoms with Gasteiger partial charge in [-0.25, -0.2) is 8.42 Å². The smallest absolute Gasteiger partial charge is 0.244 e. The molecule has 0 aliphatic rings. The number of methoxy groups -OCH3 is 1. The fraction of sp³-hybridized carbons (Fsp3) is 0.120. The summed E-state index contributed by atoms with van der Waals surface area (Å²) in [6.45, 7) is 1.49. The summed E-state index contributed by atoms with van der Waals surface area (Å²) < 4.78 is 33.4. The van der Waals surface area contributed by atoms with Crippen molar-refractivity contribution in [2.45, 2.75) is 23.4 Å². The van der Waals surface area contributed by atoms with Gasteiger partial charge in [0.15, 0.2) is 5.43 Å². The largest absolute Gasteiger partial charge is 0.495 e. The second-order valence-electron chi connectivity index (χ2n) is 7.67. The van der Waals surface area contributed by atoms with Gasteiger partial charge in [0, 0.05) is 17.1 Å². The van der Waals surface area contributed by atoms with Gasteiger partial charge in [-0.2, -0.15) is 0 Å². The Labute approximate surface area is 201 Å². The van der Waals surface area contributed by atoms with Crippen LogP contribution in [0.5, 0.6) is 5.75 Å². The minimum absolute atomic E-state index is 0.0250. The molecule has 0 aliphatic carbocycles. The number of pyridine rings is 1. The van der Waals surface area contributed by atoms with Crippen molar-refractivity contribution in [3.63, 3.8) is 0 Å². The molecule has 0 radical (unpaired) electrons. The number of carbonyl (C=O) groups excluding carboxylic acids is 1. The van der Waals surface area contributed by atoms with Crippen LogP contribution in [-0.4, -0.2) is 26.0 Å². The number of nitrogens with zero attached hydrogens (tertiary/aromatic N) is 1. The van der Waals surface area contributed by atoms with Crippen molar-refractivity contribution >= 4 is 43.9 Å². The van der Waals surface area contributed by atoms with Crippen molar-refractivity contribution in [1.82, 2.24) is 4.57 Å². The zero-order valence-corrected chi connectivity index (χ0v) is 20.0. The summed E-state index contributed by atoms with van der Waals surface area (Å²) in [4.78, 5) is 25.9. The highest BCUT2D eigenvalue weighted by atomic mass is 35.5. The number of hydrogen-bond acceptors (Lipinski definition) is 5. The Morgan fingerprint density at radius 2 is 1.76 bits per heavy atom. The molecule has 0 fully saturated rings. The topological polar surface area (TPSA) is 94.5 Å². The minimum atomic E-state index is -4.08. The second-order valence-corrected chi connectivity index (χ2v) is 9.97. The number of fused-ring (bicyclic) bond motifs is 1. The molecule has 0 aliphatic heterocycles. The number of rotatable bonds is 6. The quantitative estimate of drug-likeness (QED) is 0.426. The van der Waals surface area contributed by atoms with E-state index in [9.17, 15) is 18.0 Å². The highest BCUT2D eigenvalue weighted by molar-refractivity contribution is 7.91. The fourth-order valence-electron chi connectivity index (χ4n) is 3.66. The number of halogens is 1. The molecule has 1 N–H and O–H groups in total. The Kier molecular flexibility index (Phi) is 6.45. The van der Waals surface area contributed by atoms with Crippen LogP contribution >= 0.6 is 11.6 Å². The number of ether oxygens (including phenoxy) is 1. The number of nitrogens with one attached hydrogen (secondary N) is 1. The van der Waals surface area contributed by atoms with Crippen LogP contribution in [0.1, 0.15) is 5.56 Å². The number of sulfone groups is 1. The molecule has 174 valence electrons. The van der Waals surface area contributed by atoms with Crippen LogP contribution < -0.4 is 15.5 Å². The van der Waals surface area contributed by atoms with E-state index in [1.165, 1.54) is 29.9 Å². The molecule has 7 nitrogen and oxygen atoms in total. The first-order chi connectivity index (χ1) is 16.2. The van der Waals surface area contributed by atoms with Crippen LogP contribution in [0.4, 0.5) is 5.69 Å². The van der Waals surface area contributed by atoms with E-state index < -0.39 is 21.2 Å². The Morgan fingerprint density at radius 1 is 1.03 bits per heavy atom. The summed E-state index contributed by atoms with van der Waals surface area (Å²) in [6, 6.07) is 18.7. The number of aromatic nitrogens is 1. The van der Waals surface area contributed by atoms with Crippen LogP contribution in [0.3, 0.4) is 0 Å². The van der Waals surface area contributed by atoms with Gasteiger partial charge in [0.25, 0.3) is 0 Å². The maximum absolute atomic E-state index is 13.4. The predicted molar refractivity (Wildman–Crippen MR) is 131 cm³/mol. The highest BCUT2D eigenvalue weighted by Gasteiger charge is 2.25. The molecular formula is C25H21ClN2O5S. The standard InChI is InChI=1S/C25H21ClN2O5S/c1-16-8-10-21-19(12-16)22(29)14-25(34(31,32)18-6-4-3-5-7-18)28(21)15-24(30)27-17-9-11-23(33-2)20(26)13-17/h3-14H,15H2,1-2H3,(H,27,30). The molecule has 1 aromatic heterocycles. The lowest BCUT2D eigenvalue weighted by Gasteiger charge is -2.17. The van der Waals surface area contributed by atoms with Gasteiger partial charge < -0.3 is 14.6 Å². The molecule has 9 heteroatoms. The van der Waals surface area contributed by atoms with Crippen LogP contribution in [0.2, 0.25) is 5.02 Å². The molecule has 0 atom stereocenters. The first-order valence-electron chi connectivity index (χ1n) is 10.3. The highest BCUT2D eigenvalue weighted by Crippen LogP contribution is 2.28. The zero-order valence-electron chi connectivity index (χ0n) is 18.4. The summed E-state index contributed by atoms with van der Waals surface area (Å²) >= 11 is 6.14. The number of benzene rings is 3. The van der Waals surface area contributed by atoms with Crippen molar-refractivity contribution in [1.29, 1.82) is 0 Å². The predicted octanol–water partition coefficient (Wildman–Crippen LogP) is 4.44. The lowest BCUT2D eigenvalue weighted by molar-refractivity contribution is -0.116. The monoisotopic (exact) mass is 496 g/mol. The van der Waals surface area contributed by atoms with Crippen LogP contribution in [0.25, 0.3) is 10.9 Å². The molecule has 0 saturated carbocycles. The van der Waals surface area contributed by atoms with Crippen LogP contribution in [-0.2, 0) is 21.2 Å². The van der Waals surface area contributed by atoms with Gasteiger partial charge in [-0.1, -0.05) is 41.4 Å². The molecular weight excluding hydrogens is 476 g/mol. The average Bonchev–Trinajstić information content (AvgIpc) is 2.81.